The number of amides is 1. The van der Waals surface area contributed by atoms with E-state index >= 15 is 0 Å². The lowest BCUT2D eigenvalue weighted by atomic mass is 9.90. The van der Waals surface area contributed by atoms with Gasteiger partial charge in [-0.2, -0.15) is 0 Å². The van der Waals surface area contributed by atoms with Crippen molar-refractivity contribution in [2.75, 3.05) is 10.6 Å². The molecule has 6 heteroatoms. The number of rotatable bonds is 6. The van der Waals surface area contributed by atoms with Gasteiger partial charge in [-0.25, -0.2) is 4.98 Å². The minimum absolute atomic E-state index is 0.0888. The number of hydrogen-bond donors (Lipinski definition) is 2. The predicted molar refractivity (Wildman–Crippen MR) is 134 cm³/mol. The van der Waals surface area contributed by atoms with E-state index in [-0.39, 0.29) is 11.9 Å². The molecule has 0 spiro atoms. The highest BCUT2D eigenvalue weighted by Gasteiger charge is 2.29. The normalized spacial score (nSPS) is 13.7. The van der Waals surface area contributed by atoms with Gasteiger partial charge in [0.25, 0.3) is 5.91 Å². The van der Waals surface area contributed by atoms with Crippen molar-refractivity contribution in [1.29, 1.82) is 0 Å². The van der Waals surface area contributed by atoms with Gasteiger partial charge in [0.05, 0.1) is 6.04 Å². The highest BCUT2D eigenvalue weighted by Crippen LogP contribution is 2.44. The van der Waals surface area contributed by atoms with Gasteiger partial charge in [-0.1, -0.05) is 30.3 Å². The zero-order valence-corrected chi connectivity index (χ0v) is 19.4. The molecule has 0 radical (unpaired) electrons. The minimum Gasteiger partial charge on any atom is -0.359 e. The number of benzene rings is 1. The molecule has 166 valence electrons. The Morgan fingerprint density at radius 2 is 1.85 bits per heavy atom. The maximum atomic E-state index is 13.1. The van der Waals surface area contributed by atoms with Crippen molar-refractivity contribution >= 4 is 28.1 Å². The Bertz CT molecular complexity index is 1250. The molecule has 3 heterocycles. The SMILES string of the molecule is Cc1cccc(NC(c2cccnc2)c2c(NC(=O)c3ccccc3)sc3c2CCCC3)n1. The van der Waals surface area contributed by atoms with E-state index in [1.807, 2.05) is 67.7 Å². The summed E-state index contributed by atoms with van der Waals surface area (Å²) in [6.45, 7) is 1.99. The Balaban J connectivity index is 1.60. The van der Waals surface area contributed by atoms with Crippen LogP contribution in [-0.2, 0) is 12.8 Å². The fourth-order valence-electron chi connectivity index (χ4n) is 4.39. The average molecular weight is 455 g/mol. The number of aromatic nitrogens is 2. The van der Waals surface area contributed by atoms with E-state index in [1.54, 1.807) is 17.5 Å². The largest absolute Gasteiger partial charge is 0.359 e. The molecule has 0 aliphatic heterocycles. The molecule has 1 atom stereocenters. The quantitative estimate of drug-likeness (QED) is 0.365. The number of thiophene rings is 1. The number of aryl methyl sites for hydroxylation is 2. The second-order valence-corrected chi connectivity index (χ2v) is 9.41. The van der Waals surface area contributed by atoms with E-state index in [4.69, 9.17) is 0 Å². The summed E-state index contributed by atoms with van der Waals surface area (Å²) in [4.78, 5) is 23.5. The lowest BCUT2D eigenvalue weighted by Crippen LogP contribution is -2.19. The molecule has 2 N–H and O–H groups in total. The molecule has 0 bridgehead atoms. The number of hydrogen-bond acceptors (Lipinski definition) is 5. The van der Waals surface area contributed by atoms with Crippen molar-refractivity contribution in [3.8, 4) is 0 Å². The molecule has 0 saturated carbocycles. The summed E-state index contributed by atoms with van der Waals surface area (Å²) in [5, 5.41) is 7.78. The first-order valence-electron chi connectivity index (χ1n) is 11.3. The summed E-state index contributed by atoms with van der Waals surface area (Å²) in [5.74, 6) is 0.717. The van der Waals surface area contributed by atoms with Crippen LogP contribution in [0.15, 0.2) is 73.1 Å². The Hall–Kier alpha value is -3.51. The fraction of sp³-hybridized carbons (Fsp3) is 0.222. The monoisotopic (exact) mass is 454 g/mol. The van der Waals surface area contributed by atoms with Crippen LogP contribution in [0.2, 0.25) is 0 Å². The summed E-state index contributed by atoms with van der Waals surface area (Å²) in [7, 11) is 0. The summed E-state index contributed by atoms with van der Waals surface area (Å²) >= 11 is 1.71. The number of pyridine rings is 2. The van der Waals surface area contributed by atoms with Crippen LogP contribution < -0.4 is 10.6 Å². The van der Waals surface area contributed by atoms with E-state index < -0.39 is 0 Å². The van der Waals surface area contributed by atoms with Crippen LogP contribution in [0.1, 0.15) is 56.5 Å². The molecule has 1 amide bonds. The molecule has 1 unspecified atom stereocenters. The molecule has 1 aromatic carbocycles. The third-order valence-corrected chi connectivity index (χ3v) is 7.19. The summed E-state index contributed by atoms with van der Waals surface area (Å²) < 4.78 is 0. The van der Waals surface area contributed by atoms with Crippen molar-refractivity contribution in [1.82, 2.24) is 9.97 Å². The van der Waals surface area contributed by atoms with Crippen LogP contribution in [0.4, 0.5) is 10.8 Å². The zero-order valence-electron chi connectivity index (χ0n) is 18.5. The van der Waals surface area contributed by atoms with Gasteiger partial charge in [0.1, 0.15) is 10.8 Å². The highest BCUT2D eigenvalue weighted by atomic mass is 32.1. The summed E-state index contributed by atoms with van der Waals surface area (Å²) in [6, 6.07) is 19.2. The first kappa shape index (κ1) is 21.3. The molecule has 3 aromatic heterocycles. The Labute approximate surface area is 197 Å². The Morgan fingerprint density at radius 1 is 1.00 bits per heavy atom. The molecular weight excluding hydrogens is 428 g/mol. The topological polar surface area (TPSA) is 66.9 Å². The third-order valence-electron chi connectivity index (χ3n) is 5.96. The molecule has 33 heavy (non-hydrogen) atoms. The van der Waals surface area contributed by atoms with Gasteiger partial charge in [0.2, 0.25) is 0 Å². The predicted octanol–water partition coefficient (Wildman–Crippen LogP) is 6.18. The molecule has 0 fully saturated rings. The third kappa shape index (κ3) is 4.66. The maximum Gasteiger partial charge on any atom is 0.256 e. The van der Waals surface area contributed by atoms with Crippen LogP contribution in [-0.4, -0.2) is 15.9 Å². The number of nitrogens with one attached hydrogen (secondary N) is 2. The van der Waals surface area contributed by atoms with Gasteiger partial charge >= 0.3 is 0 Å². The van der Waals surface area contributed by atoms with Crippen LogP contribution in [0.5, 0.6) is 0 Å². The average Bonchev–Trinajstić information content (AvgIpc) is 3.21. The van der Waals surface area contributed by atoms with Crippen LogP contribution in [0.25, 0.3) is 0 Å². The van der Waals surface area contributed by atoms with Gasteiger partial charge in [-0.05, 0) is 74.1 Å². The van der Waals surface area contributed by atoms with Gasteiger partial charge < -0.3 is 10.6 Å². The van der Waals surface area contributed by atoms with E-state index in [2.05, 4.69) is 26.7 Å². The molecule has 5 rings (SSSR count). The van der Waals surface area contributed by atoms with Crippen LogP contribution >= 0.6 is 11.3 Å². The minimum atomic E-state index is -0.169. The molecule has 1 aliphatic rings. The number of carbonyl (C=O) groups excluding carboxylic acids is 1. The standard InChI is InChI=1S/C27H26N4OS/c1-18-9-7-15-23(29-18)30-25(20-12-8-16-28-17-20)24-21-13-5-6-14-22(21)33-27(24)31-26(32)19-10-3-2-4-11-19/h2-4,7-12,15-17,25H,5-6,13-14H2,1H3,(H,29,30)(H,31,32). The van der Waals surface area contributed by atoms with Gasteiger partial charge in [-0.3, -0.25) is 9.78 Å². The zero-order chi connectivity index (χ0) is 22.6. The van der Waals surface area contributed by atoms with Gasteiger partial charge in [0.15, 0.2) is 0 Å². The van der Waals surface area contributed by atoms with Gasteiger partial charge in [0, 0.05) is 34.1 Å². The summed E-state index contributed by atoms with van der Waals surface area (Å²) in [5.41, 5.74) is 5.14. The molecule has 5 nitrogen and oxygen atoms in total. The van der Waals surface area contributed by atoms with Crippen LogP contribution in [0, 0.1) is 6.92 Å². The van der Waals surface area contributed by atoms with Crippen molar-refractivity contribution in [2.45, 2.75) is 38.6 Å². The van der Waals surface area contributed by atoms with E-state index in [1.165, 1.54) is 16.9 Å². The number of nitrogens with zero attached hydrogens (tertiary/aromatic N) is 2. The Morgan fingerprint density at radius 3 is 2.64 bits per heavy atom. The van der Waals surface area contributed by atoms with Crippen molar-refractivity contribution in [3.05, 3.63) is 106 Å². The first-order valence-corrected chi connectivity index (χ1v) is 12.1. The molecule has 4 aromatic rings. The van der Waals surface area contributed by atoms with Crippen molar-refractivity contribution in [2.24, 2.45) is 0 Å². The van der Waals surface area contributed by atoms with Crippen molar-refractivity contribution in [3.63, 3.8) is 0 Å². The number of anilines is 2. The lowest BCUT2D eigenvalue weighted by molar-refractivity contribution is 0.102. The lowest BCUT2D eigenvalue weighted by Gasteiger charge is -2.24. The molecular formula is C27H26N4OS. The number of carbonyl (C=O) groups is 1. The Kier molecular flexibility index (Phi) is 6.17. The van der Waals surface area contributed by atoms with Crippen LogP contribution in [0.3, 0.4) is 0 Å². The maximum absolute atomic E-state index is 13.1. The fourth-order valence-corrected chi connectivity index (χ4v) is 5.72. The number of fused-ring (bicyclic) bond motifs is 1. The second kappa shape index (κ2) is 9.55. The smallest absolute Gasteiger partial charge is 0.256 e. The van der Waals surface area contributed by atoms with E-state index in [9.17, 15) is 4.79 Å². The first-order chi connectivity index (χ1) is 16.2. The van der Waals surface area contributed by atoms with E-state index in [0.717, 1.165) is 46.9 Å². The van der Waals surface area contributed by atoms with Gasteiger partial charge in [-0.15, -0.1) is 11.3 Å². The highest BCUT2D eigenvalue weighted by molar-refractivity contribution is 7.16. The molecule has 1 aliphatic carbocycles. The second-order valence-electron chi connectivity index (χ2n) is 8.30. The summed E-state index contributed by atoms with van der Waals surface area (Å²) in [6.07, 6.45) is 8.09. The molecule has 0 saturated heterocycles. The van der Waals surface area contributed by atoms with E-state index in [0.29, 0.717) is 5.56 Å². The van der Waals surface area contributed by atoms with Crippen molar-refractivity contribution < 1.29 is 4.79 Å².